The summed E-state index contributed by atoms with van der Waals surface area (Å²) in [4.78, 5) is 41.6. The molecule has 1 saturated heterocycles. The van der Waals surface area contributed by atoms with Gasteiger partial charge in [-0.25, -0.2) is 0 Å². The number of nitrogens with one attached hydrogen (secondary N) is 1. The highest BCUT2D eigenvalue weighted by Gasteiger charge is 2.31. The number of rotatable bonds is 6. The zero-order valence-corrected chi connectivity index (χ0v) is 19.3. The number of fused-ring (bicyclic) bond motifs is 1. The number of morpholine rings is 1. The van der Waals surface area contributed by atoms with Crippen molar-refractivity contribution in [2.45, 2.75) is 39.3 Å². The van der Waals surface area contributed by atoms with Crippen LogP contribution in [0.4, 0.5) is 0 Å². The summed E-state index contributed by atoms with van der Waals surface area (Å²) in [5.74, 6) is -0.339. The summed E-state index contributed by atoms with van der Waals surface area (Å²) < 4.78 is 7.10. The van der Waals surface area contributed by atoms with Crippen LogP contribution in [0.25, 0.3) is 0 Å². The van der Waals surface area contributed by atoms with Crippen molar-refractivity contribution >= 4 is 17.7 Å². The molecule has 0 atom stereocenters. The number of benzene rings is 1. The first kappa shape index (κ1) is 23.0. The largest absolute Gasteiger partial charge is 0.378 e. The molecule has 0 saturated carbocycles. The minimum Gasteiger partial charge on any atom is -0.378 e. The van der Waals surface area contributed by atoms with Gasteiger partial charge in [0, 0.05) is 70.3 Å². The first-order chi connectivity index (χ1) is 15.9. The molecule has 4 rings (SSSR count). The Morgan fingerprint density at radius 2 is 1.82 bits per heavy atom. The molecule has 176 valence electrons. The molecule has 2 aromatic rings. The van der Waals surface area contributed by atoms with Crippen LogP contribution in [-0.4, -0.2) is 70.1 Å². The van der Waals surface area contributed by atoms with Gasteiger partial charge in [0.1, 0.15) is 0 Å². The van der Waals surface area contributed by atoms with Crippen LogP contribution in [0.2, 0.25) is 0 Å². The van der Waals surface area contributed by atoms with Crippen LogP contribution in [0, 0.1) is 6.92 Å². The lowest BCUT2D eigenvalue weighted by atomic mass is 10.0. The van der Waals surface area contributed by atoms with Gasteiger partial charge in [-0.3, -0.25) is 19.1 Å². The van der Waals surface area contributed by atoms with Gasteiger partial charge in [0.2, 0.25) is 11.8 Å². The molecule has 2 aliphatic rings. The Labute approximate surface area is 193 Å². The highest BCUT2D eigenvalue weighted by atomic mass is 16.5. The van der Waals surface area contributed by atoms with Crippen LogP contribution in [0.5, 0.6) is 0 Å². The van der Waals surface area contributed by atoms with E-state index in [4.69, 9.17) is 4.74 Å². The van der Waals surface area contributed by atoms with Crippen LogP contribution >= 0.6 is 0 Å². The Bertz CT molecular complexity index is 1040. The molecule has 1 aromatic carbocycles. The van der Waals surface area contributed by atoms with E-state index in [0.717, 1.165) is 22.4 Å². The maximum Gasteiger partial charge on any atom is 0.274 e. The van der Waals surface area contributed by atoms with Gasteiger partial charge >= 0.3 is 0 Å². The van der Waals surface area contributed by atoms with Gasteiger partial charge in [-0.1, -0.05) is 24.3 Å². The molecule has 9 heteroatoms. The number of hydrogen-bond acceptors (Lipinski definition) is 5. The Hall–Kier alpha value is -3.20. The number of aryl methyl sites for hydroxylation is 2. The molecule has 1 aromatic heterocycles. The fourth-order valence-electron chi connectivity index (χ4n) is 4.36. The van der Waals surface area contributed by atoms with Gasteiger partial charge in [0.05, 0.1) is 13.2 Å². The zero-order valence-electron chi connectivity index (χ0n) is 19.3. The predicted octanol–water partition coefficient (Wildman–Crippen LogP) is 1.18. The SMILES string of the molecule is Cc1ccccc1CNC(=O)CCC(=O)N1CCc2c(c(C(=O)N3CCOCC3)nn2C)C1. The van der Waals surface area contributed by atoms with Crippen molar-refractivity contribution in [2.75, 3.05) is 32.8 Å². The molecule has 0 unspecified atom stereocenters. The smallest absolute Gasteiger partial charge is 0.274 e. The average molecular weight is 454 g/mol. The van der Waals surface area contributed by atoms with E-state index in [1.54, 1.807) is 14.5 Å². The first-order valence-electron chi connectivity index (χ1n) is 11.4. The van der Waals surface area contributed by atoms with Crippen molar-refractivity contribution < 1.29 is 19.1 Å². The van der Waals surface area contributed by atoms with Gasteiger partial charge < -0.3 is 19.9 Å². The van der Waals surface area contributed by atoms with Gasteiger partial charge in [-0.05, 0) is 18.1 Å². The minimum atomic E-state index is -0.145. The summed E-state index contributed by atoms with van der Waals surface area (Å²) >= 11 is 0. The summed E-state index contributed by atoms with van der Waals surface area (Å²) in [7, 11) is 1.84. The third kappa shape index (κ3) is 5.24. The van der Waals surface area contributed by atoms with Crippen molar-refractivity contribution in [3.63, 3.8) is 0 Å². The molecule has 2 aliphatic heterocycles. The van der Waals surface area contributed by atoms with E-state index in [9.17, 15) is 14.4 Å². The predicted molar refractivity (Wildman–Crippen MR) is 121 cm³/mol. The molecule has 0 bridgehead atoms. The summed E-state index contributed by atoms with van der Waals surface area (Å²) in [5, 5.41) is 7.37. The van der Waals surface area contributed by atoms with Crippen molar-refractivity contribution in [1.82, 2.24) is 24.9 Å². The molecular formula is C24H31N5O4. The normalized spacial score (nSPS) is 15.8. The lowest BCUT2D eigenvalue weighted by Crippen LogP contribution is -2.42. The zero-order chi connectivity index (χ0) is 23.4. The van der Waals surface area contributed by atoms with Gasteiger partial charge in [-0.15, -0.1) is 0 Å². The standard InChI is InChI=1S/C24H31N5O4/c1-17-5-3-4-6-18(17)15-25-21(30)7-8-22(31)29-10-9-20-19(16-29)23(26-27(20)2)24(32)28-11-13-33-14-12-28/h3-6H,7-16H2,1-2H3,(H,25,30). The molecule has 3 amide bonds. The number of carbonyl (C=O) groups excluding carboxylic acids is 3. The first-order valence-corrected chi connectivity index (χ1v) is 11.4. The highest BCUT2D eigenvalue weighted by Crippen LogP contribution is 2.24. The van der Waals surface area contributed by atoms with E-state index in [2.05, 4.69) is 10.4 Å². The van der Waals surface area contributed by atoms with Gasteiger partial charge in [0.15, 0.2) is 5.69 Å². The molecule has 33 heavy (non-hydrogen) atoms. The van der Waals surface area contributed by atoms with E-state index in [1.165, 1.54) is 0 Å². The molecule has 1 fully saturated rings. The lowest BCUT2D eigenvalue weighted by molar-refractivity contribution is -0.134. The van der Waals surface area contributed by atoms with Crippen LogP contribution in [0.3, 0.4) is 0 Å². The quantitative estimate of drug-likeness (QED) is 0.709. The van der Waals surface area contributed by atoms with E-state index in [-0.39, 0.29) is 30.6 Å². The monoisotopic (exact) mass is 453 g/mol. The number of ether oxygens (including phenoxy) is 1. The van der Waals surface area contributed by atoms with Crippen molar-refractivity contribution in [2.24, 2.45) is 7.05 Å². The second-order valence-electron chi connectivity index (χ2n) is 8.57. The Morgan fingerprint density at radius 1 is 1.06 bits per heavy atom. The molecule has 9 nitrogen and oxygen atoms in total. The minimum absolute atomic E-state index is 0.0830. The maximum atomic E-state index is 13.0. The molecule has 1 N–H and O–H groups in total. The number of aromatic nitrogens is 2. The van der Waals surface area contributed by atoms with Gasteiger partial charge in [-0.2, -0.15) is 5.10 Å². The molecule has 3 heterocycles. The summed E-state index contributed by atoms with van der Waals surface area (Å²) in [5.41, 5.74) is 4.42. The lowest BCUT2D eigenvalue weighted by Gasteiger charge is -2.29. The molecule has 0 aliphatic carbocycles. The van der Waals surface area contributed by atoms with E-state index < -0.39 is 0 Å². The average Bonchev–Trinajstić information content (AvgIpc) is 3.17. The second kappa shape index (κ2) is 10.2. The van der Waals surface area contributed by atoms with Crippen molar-refractivity contribution in [3.05, 3.63) is 52.3 Å². The highest BCUT2D eigenvalue weighted by molar-refractivity contribution is 5.94. The third-order valence-corrected chi connectivity index (χ3v) is 6.40. The summed E-state index contributed by atoms with van der Waals surface area (Å²) in [6.07, 6.45) is 0.920. The molecule has 0 radical (unpaired) electrons. The third-order valence-electron chi connectivity index (χ3n) is 6.40. The Kier molecular flexibility index (Phi) is 7.08. The van der Waals surface area contributed by atoms with Crippen molar-refractivity contribution in [1.29, 1.82) is 0 Å². The van der Waals surface area contributed by atoms with Crippen LogP contribution in [0.15, 0.2) is 24.3 Å². The Balaban J connectivity index is 1.33. The molecular weight excluding hydrogens is 422 g/mol. The van der Waals surface area contributed by atoms with Crippen LogP contribution in [0.1, 0.15) is 45.7 Å². The van der Waals surface area contributed by atoms with E-state index in [1.807, 2.05) is 38.2 Å². The summed E-state index contributed by atoms with van der Waals surface area (Å²) in [6.45, 7) is 5.50. The number of hydrogen-bond donors (Lipinski definition) is 1. The summed E-state index contributed by atoms with van der Waals surface area (Å²) in [6, 6.07) is 7.90. The maximum absolute atomic E-state index is 13.0. The topological polar surface area (TPSA) is 96.8 Å². The van der Waals surface area contributed by atoms with Gasteiger partial charge in [0.25, 0.3) is 5.91 Å². The number of nitrogens with zero attached hydrogens (tertiary/aromatic N) is 4. The fraction of sp³-hybridized carbons (Fsp3) is 0.500. The van der Waals surface area contributed by atoms with Crippen LogP contribution < -0.4 is 5.32 Å². The Morgan fingerprint density at radius 3 is 2.58 bits per heavy atom. The van der Waals surface area contributed by atoms with Crippen LogP contribution in [-0.2, 0) is 40.9 Å². The number of amides is 3. The number of carbonyl (C=O) groups is 3. The fourth-order valence-corrected chi connectivity index (χ4v) is 4.36. The van der Waals surface area contributed by atoms with E-state index >= 15 is 0 Å². The molecule has 0 spiro atoms. The van der Waals surface area contributed by atoms with Crippen molar-refractivity contribution in [3.8, 4) is 0 Å². The second-order valence-corrected chi connectivity index (χ2v) is 8.57. The van der Waals surface area contributed by atoms with E-state index in [0.29, 0.717) is 58.1 Å².